The van der Waals surface area contributed by atoms with Gasteiger partial charge in [0.25, 0.3) is 10.0 Å². The van der Waals surface area contributed by atoms with Crippen molar-refractivity contribution in [1.82, 2.24) is 8.96 Å². The van der Waals surface area contributed by atoms with E-state index in [1.807, 2.05) is 30.3 Å². The Kier molecular flexibility index (Phi) is 4.23. The highest BCUT2D eigenvalue weighted by molar-refractivity contribution is 9.10. The monoisotopic (exact) mass is 392 g/mol. The molecule has 0 saturated heterocycles. The fraction of sp³-hybridized carbons (Fsp3) is 0.0625. The molecule has 0 bridgehead atoms. The third kappa shape index (κ3) is 2.89. The summed E-state index contributed by atoms with van der Waals surface area (Å²) in [6, 6.07) is 14.0. The van der Waals surface area contributed by atoms with E-state index in [1.165, 1.54) is 25.6 Å². The van der Waals surface area contributed by atoms with Gasteiger partial charge < -0.3 is 4.74 Å². The molecule has 23 heavy (non-hydrogen) atoms. The van der Waals surface area contributed by atoms with Crippen molar-refractivity contribution in [2.45, 2.75) is 4.90 Å². The van der Waals surface area contributed by atoms with Crippen LogP contribution in [0.4, 0.5) is 0 Å². The minimum Gasteiger partial charge on any atom is -0.495 e. The van der Waals surface area contributed by atoms with Gasteiger partial charge >= 0.3 is 0 Å². The van der Waals surface area contributed by atoms with Gasteiger partial charge in [0.05, 0.1) is 7.11 Å². The Bertz CT molecular complexity index is 937. The van der Waals surface area contributed by atoms with Crippen molar-refractivity contribution in [3.8, 4) is 17.1 Å². The average molecular weight is 393 g/mol. The maximum Gasteiger partial charge on any atom is 0.273 e. The maximum absolute atomic E-state index is 13.0. The molecule has 1 heterocycles. The Balaban J connectivity index is 2.20. The normalized spacial score (nSPS) is 11.4. The summed E-state index contributed by atoms with van der Waals surface area (Å²) in [7, 11) is -2.40. The SMILES string of the molecule is COc1ccc(Br)cc1S(=O)(=O)n1ccnc1-c1ccccc1. The van der Waals surface area contributed by atoms with Crippen molar-refractivity contribution in [2.24, 2.45) is 0 Å². The lowest BCUT2D eigenvalue weighted by molar-refractivity contribution is 0.402. The van der Waals surface area contributed by atoms with Gasteiger partial charge in [-0.15, -0.1) is 0 Å². The summed E-state index contributed by atoms with van der Waals surface area (Å²) in [5.74, 6) is 0.633. The summed E-state index contributed by atoms with van der Waals surface area (Å²) in [4.78, 5) is 4.26. The van der Waals surface area contributed by atoms with Gasteiger partial charge in [0.1, 0.15) is 10.6 Å². The van der Waals surface area contributed by atoms with Gasteiger partial charge in [-0.25, -0.2) is 17.4 Å². The molecule has 2 aromatic carbocycles. The molecule has 0 unspecified atom stereocenters. The maximum atomic E-state index is 13.0. The van der Waals surface area contributed by atoms with Crippen LogP contribution in [0.25, 0.3) is 11.4 Å². The quantitative estimate of drug-likeness (QED) is 0.680. The Morgan fingerprint density at radius 1 is 1.13 bits per heavy atom. The third-order valence-corrected chi connectivity index (χ3v) is 5.48. The molecular weight excluding hydrogens is 380 g/mol. The van der Waals surface area contributed by atoms with E-state index in [0.29, 0.717) is 10.3 Å². The molecule has 0 aliphatic carbocycles. The highest BCUT2D eigenvalue weighted by atomic mass is 79.9. The highest BCUT2D eigenvalue weighted by Crippen LogP contribution is 2.31. The summed E-state index contributed by atoms with van der Waals surface area (Å²) in [5.41, 5.74) is 0.718. The van der Waals surface area contributed by atoms with Crippen LogP contribution in [0.15, 0.2) is 70.3 Å². The summed E-state index contributed by atoms with van der Waals surface area (Å²) < 4.78 is 33.1. The van der Waals surface area contributed by atoms with Crippen LogP contribution in [-0.4, -0.2) is 24.5 Å². The molecule has 3 rings (SSSR count). The van der Waals surface area contributed by atoms with Crippen molar-refractivity contribution in [3.05, 3.63) is 65.4 Å². The lowest BCUT2D eigenvalue weighted by Crippen LogP contribution is -2.14. The van der Waals surface area contributed by atoms with Gasteiger partial charge in [-0.3, -0.25) is 0 Å². The van der Waals surface area contributed by atoms with E-state index in [9.17, 15) is 8.42 Å². The fourth-order valence-electron chi connectivity index (χ4n) is 2.23. The van der Waals surface area contributed by atoms with Crippen LogP contribution in [-0.2, 0) is 10.0 Å². The Hall–Kier alpha value is -2.12. The molecule has 118 valence electrons. The molecule has 1 aromatic heterocycles. The molecule has 0 radical (unpaired) electrons. The third-order valence-electron chi connectivity index (χ3n) is 3.30. The van der Waals surface area contributed by atoms with Crippen molar-refractivity contribution >= 4 is 26.0 Å². The number of methoxy groups -OCH3 is 1. The number of ether oxygens (including phenoxy) is 1. The molecule has 0 saturated carbocycles. The first-order chi connectivity index (χ1) is 11.0. The molecular formula is C16H13BrN2O3S. The minimum absolute atomic E-state index is 0.0737. The predicted molar refractivity (Wildman–Crippen MR) is 90.9 cm³/mol. The lowest BCUT2D eigenvalue weighted by atomic mass is 10.2. The number of aromatic nitrogens is 2. The molecule has 3 aromatic rings. The van der Waals surface area contributed by atoms with Gasteiger partial charge in [0.15, 0.2) is 5.82 Å². The van der Waals surface area contributed by atoms with Gasteiger partial charge in [-0.05, 0) is 18.2 Å². The van der Waals surface area contributed by atoms with Gasteiger partial charge in [-0.1, -0.05) is 46.3 Å². The van der Waals surface area contributed by atoms with E-state index >= 15 is 0 Å². The summed E-state index contributed by atoms with van der Waals surface area (Å²) >= 11 is 3.30. The van der Waals surface area contributed by atoms with Crippen molar-refractivity contribution in [3.63, 3.8) is 0 Å². The molecule has 5 nitrogen and oxygen atoms in total. The van der Waals surface area contributed by atoms with E-state index in [2.05, 4.69) is 20.9 Å². The van der Waals surface area contributed by atoms with Crippen molar-refractivity contribution in [2.75, 3.05) is 7.11 Å². The molecule has 0 atom stereocenters. The second-order valence-corrected chi connectivity index (χ2v) is 7.41. The van der Waals surface area contributed by atoms with E-state index in [1.54, 1.807) is 12.1 Å². The number of imidazole rings is 1. The second kappa shape index (κ2) is 6.17. The van der Waals surface area contributed by atoms with Crippen LogP contribution in [0.3, 0.4) is 0 Å². The van der Waals surface area contributed by atoms with E-state index < -0.39 is 10.0 Å². The Morgan fingerprint density at radius 3 is 2.57 bits per heavy atom. The van der Waals surface area contributed by atoms with E-state index in [0.717, 1.165) is 9.54 Å². The molecule has 0 N–H and O–H groups in total. The minimum atomic E-state index is -3.84. The van der Waals surface area contributed by atoms with Crippen LogP contribution >= 0.6 is 15.9 Å². The standard InChI is InChI=1S/C16H13BrN2O3S/c1-22-14-8-7-13(17)11-15(14)23(20,21)19-10-9-18-16(19)12-5-3-2-4-6-12/h2-11H,1H3. The summed E-state index contributed by atoms with van der Waals surface area (Å²) in [5, 5.41) is 0. The number of hydrogen-bond donors (Lipinski definition) is 0. The first-order valence-corrected chi connectivity index (χ1v) is 8.95. The number of halogens is 1. The predicted octanol–water partition coefficient (Wildman–Crippen LogP) is 3.56. The van der Waals surface area contributed by atoms with Gasteiger partial charge in [0, 0.05) is 22.4 Å². The Morgan fingerprint density at radius 2 is 1.87 bits per heavy atom. The second-order valence-electron chi connectivity index (χ2n) is 4.71. The zero-order valence-electron chi connectivity index (χ0n) is 12.2. The zero-order chi connectivity index (χ0) is 16.4. The number of rotatable bonds is 4. The molecule has 0 aliphatic rings. The molecule has 0 spiro atoms. The van der Waals surface area contributed by atoms with Gasteiger partial charge in [0.2, 0.25) is 0 Å². The van der Waals surface area contributed by atoms with Crippen LogP contribution in [0.2, 0.25) is 0 Å². The first-order valence-electron chi connectivity index (χ1n) is 6.72. The average Bonchev–Trinajstić information content (AvgIpc) is 3.06. The zero-order valence-corrected chi connectivity index (χ0v) is 14.6. The Labute approximate surface area is 142 Å². The summed E-state index contributed by atoms with van der Waals surface area (Å²) in [6.07, 6.45) is 2.89. The number of nitrogens with zero attached hydrogens (tertiary/aromatic N) is 2. The first kappa shape index (κ1) is 15.8. The smallest absolute Gasteiger partial charge is 0.273 e. The molecule has 0 aliphatic heterocycles. The van der Waals surface area contributed by atoms with Crippen LogP contribution in [0.1, 0.15) is 0 Å². The topological polar surface area (TPSA) is 61.2 Å². The number of hydrogen-bond acceptors (Lipinski definition) is 4. The molecule has 7 heteroatoms. The van der Waals surface area contributed by atoms with Crippen LogP contribution < -0.4 is 4.74 Å². The van der Waals surface area contributed by atoms with Crippen LogP contribution in [0.5, 0.6) is 5.75 Å². The van der Waals surface area contributed by atoms with Crippen LogP contribution in [0, 0.1) is 0 Å². The largest absolute Gasteiger partial charge is 0.495 e. The lowest BCUT2D eigenvalue weighted by Gasteiger charge is -2.13. The fourth-order valence-corrected chi connectivity index (χ4v) is 4.23. The van der Waals surface area contributed by atoms with E-state index in [4.69, 9.17) is 4.74 Å². The molecule has 0 amide bonds. The van der Waals surface area contributed by atoms with Crippen molar-refractivity contribution < 1.29 is 13.2 Å². The highest BCUT2D eigenvalue weighted by Gasteiger charge is 2.25. The number of benzene rings is 2. The van der Waals surface area contributed by atoms with E-state index in [-0.39, 0.29) is 10.6 Å². The van der Waals surface area contributed by atoms with Gasteiger partial charge in [-0.2, -0.15) is 0 Å². The van der Waals surface area contributed by atoms with Crippen molar-refractivity contribution in [1.29, 1.82) is 0 Å². The summed E-state index contributed by atoms with van der Waals surface area (Å²) in [6.45, 7) is 0. The molecule has 0 fully saturated rings.